The van der Waals surface area contributed by atoms with Gasteiger partial charge in [-0.05, 0) is 40.7 Å². The maximum Gasteiger partial charge on any atom is 0.317 e. The van der Waals surface area contributed by atoms with Gasteiger partial charge < -0.3 is 15.5 Å². The first-order valence-corrected chi connectivity index (χ1v) is 7.40. The average Bonchev–Trinajstić information content (AvgIpc) is 2.85. The van der Waals surface area contributed by atoms with Crippen LogP contribution in [0.1, 0.15) is 34.1 Å². The standard InChI is InChI=1S/C14H30N4O/c1-11(2)18(12(3)4)9-8-16-14(19)17(5)13-6-7-15-10-13/h11-13,15H,6-10H2,1-5H3,(H,16,19). The second-order valence-corrected chi connectivity index (χ2v) is 5.91. The Balaban J connectivity index is 2.29. The van der Waals surface area contributed by atoms with E-state index in [1.165, 1.54) is 0 Å². The highest BCUT2D eigenvalue weighted by molar-refractivity contribution is 5.74. The molecule has 112 valence electrons. The molecule has 0 spiro atoms. The van der Waals surface area contributed by atoms with Gasteiger partial charge in [-0.25, -0.2) is 4.79 Å². The van der Waals surface area contributed by atoms with Crippen LogP contribution in [0.3, 0.4) is 0 Å². The summed E-state index contributed by atoms with van der Waals surface area (Å²) in [5.74, 6) is 0. The number of hydrogen-bond acceptors (Lipinski definition) is 3. The van der Waals surface area contributed by atoms with E-state index in [2.05, 4.69) is 43.2 Å². The van der Waals surface area contributed by atoms with Crippen molar-refractivity contribution in [3.63, 3.8) is 0 Å². The minimum atomic E-state index is 0.0427. The zero-order valence-electron chi connectivity index (χ0n) is 13.1. The third-order valence-electron chi connectivity index (χ3n) is 3.88. The predicted molar refractivity (Wildman–Crippen MR) is 79.4 cm³/mol. The van der Waals surface area contributed by atoms with Crippen LogP contribution in [-0.4, -0.2) is 67.2 Å². The van der Waals surface area contributed by atoms with E-state index in [0.29, 0.717) is 24.7 Å². The molecule has 0 radical (unpaired) electrons. The molecule has 1 aliphatic heterocycles. The van der Waals surface area contributed by atoms with Gasteiger partial charge in [-0.3, -0.25) is 4.90 Å². The van der Waals surface area contributed by atoms with Gasteiger partial charge in [0.25, 0.3) is 0 Å². The van der Waals surface area contributed by atoms with Crippen LogP contribution >= 0.6 is 0 Å². The molecule has 5 heteroatoms. The van der Waals surface area contributed by atoms with Crippen LogP contribution in [0.2, 0.25) is 0 Å². The van der Waals surface area contributed by atoms with Crippen molar-refractivity contribution in [2.24, 2.45) is 0 Å². The second kappa shape index (κ2) is 7.70. The number of nitrogens with one attached hydrogen (secondary N) is 2. The predicted octanol–water partition coefficient (Wildman–Crippen LogP) is 1.11. The Morgan fingerprint density at radius 1 is 1.32 bits per heavy atom. The van der Waals surface area contributed by atoms with Crippen LogP contribution in [-0.2, 0) is 0 Å². The van der Waals surface area contributed by atoms with E-state index >= 15 is 0 Å². The van der Waals surface area contributed by atoms with Crippen LogP contribution in [0, 0.1) is 0 Å². The number of urea groups is 1. The van der Waals surface area contributed by atoms with Crippen molar-refractivity contribution >= 4 is 6.03 Å². The van der Waals surface area contributed by atoms with Crippen molar-refractivity contribution < 1.29 is 4.79 Å². The smallest absolute Gasteiger partial charge is 0.317 e. The monoisotopic (exact) mass is 270 g/mol. The molecule has 19 heavy (non-hydrogen) atoms. The maximum absolute atomic E-state index is 12.0. The van der Waals surface area contributed by atoms with Gasteiger partial charge >= 0.3 is 6.03 Å². The van der Waals surface area contributed by atoms with Crippen molar-refractivity contribution in [1.29, 1.82) is 0 Å². The Morgan fingerprint density at radius 3 is 2.42 bits per heavy atom. The summed E-state index contributed by atoms with van der Waals surface area (Å²) in [4.78, 5) is 16.2. The van der Waals surface area contributed by atoms with Crippen LogP contribution in [0.15, 0.2) is 0 Å². The van der Waals surface area contributed by atoms with Gasteiger partial charge in [0.05, 0.1) is 0 Å². The van der Waals surface area contributed by atoms with Crippen molar-refractivity contribution in [3.8, 4) is 0 Å². The first kappa shape index (κ1) is 16.2. The van der Waals surface area contributed by atoms with Crippen molar-refractivity contribution in [2.75, 3.05) is 33.2 Å². The van der Waals surface area contributed by atoms with Gasteiger partial charge in [0.15, 0.2) is 0 Å². The van der Waals surface area contributed by atoms with E-state index < -0.39 is 0 Å². The molecule has 0 aromatic carbocycles. The third-order valence-corrected chi connectivity index (χ3v) is 3.88. The molecule has 5 nitrogen and oxygen atoms in total. The summed E-state index contributed by atoms with van der Waals surface area (Å²) in [6, 6.07) is 1.40. The summed E-state index contributed by atoms with van der Waals surface area (Å²) in [5, 5.41) is 6.30. The lowest BCUT2D eigenvalue weighted by molar-refractivity contribution is 0.167. The molecule has 1 aliphatic rings. The van der Waals surface area contributed by atoms with Crippen LogP contribution < -0.4 is 10.6 Å². The summed E-state index contributed by atoms with van der Waals surface area (Å²) in [7, 11) is 1.88. The van der Waals surface area contributed by atoms with Crippen LogP contribution in [0.5, 0.6) is 0 Å². The van der Waals surface area contributed by atoms with E-state index in [4.69, 9.17) is 0 Å². The molecule has 0 bridgehead atoms. The van der Waals surface area contributed by atoms with Crippen LogP contribution in [0.25, 0.3) is 0 Å². The Bertz CT molecular complexity index is 267. The number of amides is 2. The highest BCUT2D eigenvalue weighted by atomic mass is 16.2. The number of carbonyl (C=O) groups is 1. The number of likely N-dealkylation sites (N-methyl/N-ethyl adjacent to an activating group) is 1. The topological polar surface area (TPSA) is 47.6 Å². The Hall–Kier alpha value is -0.810. The van der Waals surface area contributed by atoms with Gasteiger partial charge in [0.2, 0.25) is 0 Å². The summed E-state index contributed by atoms with van der Waals surface area (Å²) in [5.41, 5.74) is 0. The molecule has 0 saturated carbocycles. The molecule has 0 aliphatic carbocycles. The van der Waals surface area contributed by atoms with E-state index in [0.717, 1.165) is 26.1 Å². The molecule has 0 aromatic heterocycles. The fourth-order valence-electron chi connectivity index (χ4n) is 2.67. The minimum absolute atomic E-state index is 0.0427. The molecule has 0 aromatic rings. The van der Waals surface area contributed by atoms with E-state index in [1.54, 1.807) is 0 Å². The SMILES string of the molecule is CC(C)N(CCNC(=O)N(C)C1CCNC1)C(C)C. The van der Waals surface area contributed by atoms with E-state index in [-0.39, 0.29) is 6.03 Å². The highest BCUT2D eigenvalue weighted by Crippen LogP contribution is 2.06. The first-order valence-electron chi connectivity index (χ1n) is 7.40. The van der Waals surface area contributed by atoms with Crippen LogP contribution in [0.4, 0.5) is 4.79 Å². The number of carbonyl (C=O) groups excluding carboxylic acids is 1. The summed E-state index contributed by atoms with van der Waals surface area (Å²) in [6.45, 7) is 12.3. The zero-order valence-corrected chi connectivity index (χ0v) is 13.1. The Morgan fingerprint density at radius 2 is 1.95 bits per heavy atom. The lowest BCUT2D eigenvalue weighted by Gasteiger charge is -2.31. The van der Waals surface area contributed by atoms with Gasteiger partial charge in [-0.1, -0.05) is 0 Å². The van der Waals surface area contributed by atoms with Crippen molar-refractivity contribution in [1.82, 2.24) is 20.4 Å². The Kier molecular flexibility index (Phi) is 6.58. The van der Waals surface area contributed by atoms with Gasteiger partial charge in [0, 0.05) is 44.8 Å². The average molecular weight is 270 g/mol. The molecule has 1 heterocycles. The molecule has 1 rings (SSSR count). The zero-order chi connectivity index (χ0) is 14.4. The molecule has 2 amide bonds. The first-order chi connectivity index (χ1) is 8.93. The molecular weight excluding hydrogens is 240 g/mol. The highest BCUT2D eigenvalue weighted by Gasteiger charge is 2.23. The number of nitrogens with zero attached hydrogens (tertiary/aromatic N) is 2. The Labute approximate surface area is 117 Å². The fraction of sp³-hybridized carbons (Fsp3) is 0.929. The van der Waals surface area contributed by atoms with Crippen molar-refractivity contribution in [3.05, 3.63) is 0 Å². The molecule has 1 saturated heterocycles. The normalized spacial score (nSPS) is 19.5. The number of rotatable bonds is 6. The van der Waals surface area contributed by atoms with Gasteiger partial charge in [-0.2, -0.15) is 0 Å². The fourth-order valence-corrected chi connectivity index (χ4v) is 2.67. The molecule has 1 fully saturated rings. The molecule has 2 N–H and O–H groups in total. The largest absolute Gasteiger partial charge is 0.337 e. The van der Waals surface area contributed by atoms with Crippen molar-refractivity contribution in [2.45, 2.75) is 52.2 Å². The quantitative estimate of drug-likeness (QED) is 0.760. The van der Waals surface area contributed by atoms with Gasteiger partial charge in [0.1, 0.15) is 0 Å². The van der Waals surface area contributed by atoms with E-state index in [1.807, 2.05) is 11.9 Å². The third kappa shape index (κ3) is 4.99. The summed E-state index contributed by atoms with van der Waals surface area (Å²) in [6.07, 6.45) is 1.05. The lowest BCUT2D eigenvalue weighted by atomic mass is 10.2. The molecule has 1 atom stereocenters. The summed E-state index contributed by atoms with van der Waals surface area (Å²) < 4.78 is 0. The van der Waals surface area contributed by atoms with E-state index in [9.17, 15) is 4.79 Å². The molecule has 1 unspecified atom stereocenters. The second-order valence-electron chi connectivity index (χ2n) is 5.91. The molecular formula is C14H30N4O. The minimum Gasteiger partial charge on any atom is -0.337 e. The summed E-state index contributed by atoms with van der Waals surface area (Å²) >= 11 is 0. The lowest BCUT2D eigenvalue weighted by Crippen LogP contribution is -2.48. The van der Waals surface area contributed by atoms with Gasteiger partial charge in [-0.15, -0.1) is 0 Å². The number of hydrogen-bond donors (Lipinski definition) is 2. The maximum atomic E-state index is 12.0.